The first-order valence-corrected chi connectivity index (χ1v) is 11.1. The number of carbonyl (C=O) groups excluding carboxylic acids is 2. The molecule has 5 rings (SSSR count). The van der Waals surface area contributed by atoms with Crippen LogP contribution >= 0.6 is 0 Å². The van der Waals surface area contributed by atoms with Crippen molar-refractivity contribution < 1.29 is 33.3 Å². The van der Waals surface area contributed by atoms with Gasteiger partial charge in [0.15, 0.2) is 11.5 Å². The molecule has 2 aliphatic heterocycles. The second-order valence-electron chi connectivity index (χ2n) is 8.04. The first-order valence-electron chi connectivity index (χ1n) is 11.1. The summed E-state index contributed by atoms with van der Waals surface area (Å²) in [5.74, 6) is 0.246. The maximum atomic E-state index is 13.2. The molecule has 8 nitrogen and oxygen atoms in total. The van der Waals surface area contributed by atoms with Crippen LogP contribution in [0.3, 0.4) is 0 Å². The number of ether oxygens (including phenoxy) is 3. The number of amides is 1. The fourth-order valence-corrected chi connectivity index (χ4v) is 4.24. The molecule has 1 atom stereocenters. The summed E-state index contributed by atoms with van der Waals surface area (Å²) in [6.07, 6.45) is 3.12. The number of hydrogen-bond acceptors (Lipinski definition) is 7. The lowest BCUT2D eigenvalue weighted by Crippen LogP contribution is -2.29. The number of furan rings is 1. The molecule has 2 aromatic carbocycles. The van der Waals surface area contributed by atoms with E-state index in [2.05, 4.69) is 6.58 Å². The Hall–Kier alpha value is -4.46. The minimum atomic E-state index is -0.861. The number of benzene rings is 2. The smallest absolute Gasteiger partial charge is 0.296 e. The van der Waals surface area contributed by atoms with Crippen molar-refractivity contribution >= 4 is 17.4 Å². The van der Waals surface area contributed by atoms with E-state index < -0.39 is 17.7 Å². The number of aliphatic hydroxyl groups is 1. The summed E-state index contributed by atoms with van der Waals surface area (Å²) >= 11 is 0. The predicted octanol–water partition coefficient (Wildman–Crippen LogP) is 4.24. The largest absolute Gasteiger partial charge is 0.507 e. The number of nitrogens with zero attached hydrogens (tertiary/aromatic N) is 1. The molecular weight excluding hydrogens is 450 g/mol. The first-order chi connectivity index (χ1) is 17.1. The molecule has 35 heavy (non-hydrogen) atoms. The van der Waals surface area contributed by atoms with E-state index >= 15 is 0 Å². The van der Waals surface area contributed by atoms with Crippen LogP contribution in [0.15, 0.2) is 83.5 Å². The van der Waals surface area contributed by atoms with Gasteiger partial charge in [-0.25, -0.2) is 0 Å². The summed E-state index contributed by atoms with van der Waals surface area (Å²) in [6, 6.07) is 14.5. The Balaban J connectivity index is 1.62. The Labute approximate surface area is 201 Å². The fourth-order valence-electron chi connectivity index (χ4n) is 4.24. The van der Waals surface area contributed by atoms with Gasteiger partial charge in [0.05, 0.1) is 24.4 Å². The zero-order chi connectivity index (χ0) is 24.4. The van der Waals surface area contributed by atoms with Crippen molar-refractivity contribution in [2.45, 2.75) is 12.6 Å². The average Bonchev–Trinajstić information content (AvgIpc) is 3.49. The normalized spacial score (nSPS) is 18.5. The van der Waals surface area contributed by atoms with Gasteiger partial charge in [0.25, 0.3) is 11.7 Å². The predicted molar refractivity (Wildman–Crippen MR) is 126 cm³/mol. The van der Waals surface area contributed by atoms with E-state index in [4.69, 9.17) is 18.6 Å². The van der Waals surface area contributed by atoms with Crippen molar-refractivity contribution in [3.63, 3.8) is 0 Å². The molecule has 0 aliphatic carbocycles. The molecule has 0 spiro atoms. The monoisotopic (exact) mass is 473 g/mol. The summed E-state index contributed by atoms with van der Waals surface area (Å²) in [7, 11) is 0. The van der Waals surface area contributed by atoms with Crippen LogP contribution in [0.1, 0.15) is 22.9 Å². The molecule has 1 N–H and O–H groups in total. The van der Waals surface area contributed by atoms with Crippen molar-refractivity contribution in [2.24, 2.45) is 0 Å². The average molecular weight is 473 g/mol. The maximum Gasteiger partial charge on any atom is 0.296 e. The highest BCUT2D eigenvalue weighted by molar-refractivity contribution is 6.46. The number of carbonyl (C=O) groups is 2. The van der Waals surface area contributed by atoms with Crippen molar-refractivity contribution in [2.75, 3.05) is 19.8 Å². The van der Waals surface area contributed by atoms with Crippen LogP contribution < -0.4 is 14.2 Å². The molecule has 2 aliphatic rings. The molecule has 3 aromatic rings. The topological polar surface area (TPSA) is 98.4 Å². The quantitative estimate of drug-likeness (QED) is 0.237. The third-order valence-corrected chi connectivity index (χ3v) is 5.80. The third kappa shape index (κ3) is 4.26. The Bertz CT molecular complexity index is 1310. The van der Waals surface area contributed by atoms with E-state index in [1.165, 1.54) is 11.2 Å². The Morgan fingerprint density at radius 2 is 1.91 bits per heavy atom. The van der Waals surface area contributed by atoms with Crippen molar-refractivity contribution in [1.82, 2.24) is 4.90 Å². The van der Waals surface area contributed by atoms with Crippen LogP contribution in [0.4, 0.5) is 0 Å². The third-order valence-electron chi connectivity index (χ3n) is 5.80. The van der Waals surface area contributed by atoms with E-state index in [1.54, 1.807) is 60.7 Å². The molecule has 3 heterocycles. The van der Waals surface area contributed by atoms with E-state index in [9.17, 15) is 14.7 Å². The summed E-state index contributed by atoms with van der Waals surface area (Å²) < 4.78 is 22.3. The number of rotatable bonds is 7. The molecular formula is C27H23NO7. The second kappa shape index (κ2) is 9.42. The maximum absolute atomic E-state index is 13.2. The number of hydrogen-bond donors (Lipinski definition) is 1. The molecule has 8 heteroatoms. The summed E-state index contributed by atoms with van der Waals surface area (Å²) in [4.78, 5) is 27.8. The number of Topliss-reactive ketones (excluding diaryl/α,β-unsaturated/α-hetero) is 1. The second-order valence-corrected chi connectivity index (χ2v) is 8.04. The molecule has 0 radical (unpaired) electrons. The molecule has 1 fully saturated rings. The van der Waals surface area contributed by atoms with Crippen LogP contribution in [0.2, 0.25) is 0 Å². The van der Waals surface area contributed by atoms with Crippen LogP contribution in [-0.4, -0.2) is 41.5 Å². The Morgan fingerprint density at radius 1 is 1.09 bits per heavy atom. The first kappa shape index (κ1) is 22.3. The lowest BCUT2D eigenvalue weighted by molar-refractivity contribution is -0.140. The van der Waals surface area contributed by atoms with Gasteiger partial charge < -0.3 is 28.6 Å². The summed E-state index contributed by atoms with van der Waals surface area (Å²) in [5, 5.41) is 11.3. The highest BCUT2D eigenvalue weighted by Gasteiger charge is 2.46. The van der Waals surface area contributed by atoms with Crippen molar-refractivity contribution in [3.8, 4) is 17.2 Å². The molecule has 1 aromatic heterocycles. The lowest BCUT2D eigenvalue weighted by atomic mass is 9.95. The van der Waals surface area contributed by atoms with Crippen molar-refractivity contribution in [1.29, 1.82) is 0 Å². The number of fused-ring (bicyclic) bond motifs is 1. The van der Waals surface area contributed by atoms with E-state index in [0.717, 1.165) is 0 Å². The molecule has 1 saturated heterocycles. The minimum Gasteiger partial charge on any atom is -0.507 e. The van der Waals surface area contributed by atoms with Gasteiger partial charge >= 0.3 is 0 Å². The zero-order valence-corrected chi connectivity index (χ0v) is 18.8. The standard InChI is InChI=1S/C27H23NO7/c1-2-10-32-19-6-3-5-17(14-19)24-23(26(30)27(31)28(24)16-20-7-4-11-33-20)25(29)18-8-9-21-22(15-18)35-13-12-34-21/h2-9,11,14-15,24,29H,1,10,12-13,16H2/b25-23-. The van der Waals surface area contributed by atoms with Gasteiger partial charge in [-0.1, -0.05) is 24.8 Å². The van der Waals surface area contributed by atoms with Gasteiger partial charge in [0.2, 0.25) is 0 Å². The Kier molecular flexibility index (Phi) is 6.01. The minimum absolute atomic E-state index is 0.0286. The van der Waals surface area contributed by atoms with Gasteiger partial charge in [-0.2, -0.15) is 0 Å². The fraction of sp³-hybridized carbons (Fsp3) is 0.185. The van der Waals surface area contributed by atoms with Gasteiger partial charge in [0.1, 0.15) is 37.1 Å². The number of aliphatic hydroxyl groups excluding tert-OH is 1. The molecule has 0 bridgehead atoms. The molecule has 178 valence electrons. The van der Waals surface area contributed by atoms with Gasteiger partial charge in [-0.15, -0.1) is 0 Å². The van der Waals surface area contributed by atoms with E-state index in [1.807, 2.05) is 0 Å². The van der Waals surface area contributed by atoms with Crippen LogP contribution in [-0.2, 0) is 16.1 Å². The summed E-state index contributed by atoms with van der Waals surface area (Å²) in [5.41, 5.74) is 0.921. The highest BCUT2D eigenvalue weighted by Crippen LogP contribution is 2.42. The highest BCUT2D eigenvalue weighted by atomic mass is 16.6. The van der Waals surface area contributed by atoms with Crippen molar-refractivity contribution in [3.05, 3.63) is 96.0 Å². The van der Waals surface area contributed by atoms with Gasteiger partial charge in [0, 0.05) is 5.56 Å². The van der Waals surface area contributed by atoms with Gasteiger partial charge in [-0.3, -0.25) is 9.59 Å². The van der Waals surface area contributed by atoms with E-state index in [0.29, 0.717) is 54.0 Å². The summed E-state index contributed by atoms with van der Waals surface area (Å²) in [6.45, 7) is 4.82. The number of likely N-dealkylation sites (tertiary alicyclic amines) is 1. The van der Waals surface area contributed by atoms with Gasteiger partial charge in [-0.05, 0) is 48.0 Å². The lowest BCUT2D eigenvalue weighted by Gasteiger charge is -2.25. The van der Waals surface area contributed by atoms with E-state index in [-0.39, 0.29) is 17.9 Å². The van der Waals surface area contributed by atoms with Crippen LogP contribution in [0.25, 0.3) is 5.76 Å². The zero-order valence-electron chi connectivity index (χ0n) is 18.8. The number of ketones is 1. The SMILES string of the molecule is C=CCOc1cccc(C2/C(=C(/O)c3ccc4c(c3)OCCO4)C(=O)C(=O)N2Cc2ccco2)c1. The van der Waals surface area contributed by atoms with Crippen LogP contribution in [0, 0.1) is 0 Å². The molecule has 0 saturated carbocycles. The molecule has 1 unspecified atom stereocenters. The molecule has 1 amide bonds. The Morgan fingerprint density at radius 3 is 2.69 bits per heavy atom. The van der Waals surface area contributed by atoms with Crippen LogP contribution in [0.5, 0.6) is 17.2 Å².